The van der Waals surface area contributed by atoms with E-state index in [1.54, 1.807) is 24.3 Å². The number of fused-ring (bicyclic) bond motifs is 1. The molecule has 0 atom stereocenters. The molecule has 3 aromatic rings. The number of hydrogen-bond acceptors (Lipinski definition) is 6. The molecular weight excluding hydrogens is 410 g/mol. The molecular formula is C22H12ClNO6. The maximum Gasteiger partial charge on any atom is 0.345 e. The molecule has 30 heavy (non-hydrogen) atoms. The van der Waals surface area contributed by atoms with E-state index < -0.39 is 10.9 Å². The number of ketones is 1. The first-order chi connectivity index (χ1) is 14.4. The predicted octanol–water partition coefficient (Wildman–Crippen LogP) is 5.08. The van der Waals surface area contributed by atoms with Gasteiger partial charge in [-0.15, -0.1) is 0 Å². The van der Waals surface area contributed by atoms with Crippen LogP contribution in [0.5, 0.6) is 11.5 Å². The van der Waals surface area contributed by atoms with E-state index in [-0.39, 0.29) is 39.3 Å². The van der Waals surface area contributed by atoms with Crippen molar-refractivity contribution in [1.29, 1.82) is 0 Å². The first-order valence-electron chi connectivity index (χ1n) is 8.72. The molecule has 8 heteroatoms. The number of allylic oxidation sites excluding steroid dienone is 1. The fraction of sp³-hybridized carbons (Fsp3) is 0. The van der Waals surface area contributed by atoms with Crippen LogP contribution >= 0.6 is 11.6 Å². The number of hydrogen-bond donors (Lipinski definition) is 0. The molecule has 0 bridgehead atoms. The largest absolute Gasteiger partial charge is 0.452 e. The Morgan fingerprint density at radius 1 is 1.07 bits per heavy atom. The number of carbonyl (C=O) groups excluding carboxylic acids is 2. The molecule has 1 heterocycles. The van der Waals surface area contributed by atoms with Crippen LogP contribution in [-0.2, 0) is 0 Å². The molecule has 1 aliphatic rings. The van der Waals surface area contributed by atoms with Gasteiger partial charge in [0.15, 0.2) is 5.76 Å². The van der Waals surface area contributed by atoms with Crippen molar-refractivity contribution in [3.8, 4) is 11.5 Å². The van der Waals surface area contributed by atoms with Gasteiger partial charge >= 0.3 is 5.97 Å². The van der Waals surface area contributed by atoms with Gasteiger partial charge in [0.2, 0.25) is 5.78 Å². The van der Waals surface area contributed by atoms with Crippen LogP contribution in [0.15, 0.2) is 72.5 Å². The SMILES string of the molecule is O=C(Oc1ccc2c(c1)OC(=Cc1cccc([N+](=O)[O-])c1)C2=O)c1ccccc1Cl. The number of carbonyl (C=O) groups is 2. The zero-order chi connectivity index (χ0) is 21.3. The summed E-state index contributed by atoms with van der Waals surface area (Å²) < 4.78 is 10.9. The van der Waals surface area contributed by atoms with Crippen LogP contribution < -0.4 is 9.47 Å². The van der Waals surface area contributed by atoms with Gasteiger partial charge in [-0.2, -0.15) is 0 Å². The van der Waals surface area contributed by atoms with Gasteiger partial charge in [0.1, 0.15) is 11.5 Å². The molecule has 0 fully saturated rings. The molecule has 4 rings (SSSR count). The zero-order valence-electron chi connectivity index (χ0n) is 15.2. The highest BCUT2D eigenvalue weighted by molar-refractivity contribution is 6.33. The van der Waals surface area contributed by atoms with E-state index in [4.69, 9.17) is 21.1 Å². The number of esters is 1. The second kappa shape index (κ2) is 7.81. The average Bonchev–Trinajstić information content (AvgIpc) is 3.03. The van der Waals surface area contributed by atoms with E-state index in [0.29, 0.717) is 11.1 Å². The van der Waals surface area contributed by atoms with Gasteiger partial charge in [0.05, 0.1) is 21.1 Å². The number of nitro groups is 1. The lowest BCUT2D eigenvalue weighted by Gasteiger charge is -2.06. The van der Waals surface area contributed by atoms with E-state index in [1.807, 2.05) is 0 Å². The Morgan fingerprint density at radius 3 is 2.63 bits per heavy atom. The summed E-state index contributed by atoms with van der Waals surface area (Å²) in [5, 5.41) is 11.2. The predicted molar refractivity (Wildman–Crippen MR) is 109 cm³/mol. The van der Waals surface area contributed by atoms with Crippen molar-refractivity contribution in [3.63, 3.8) is 0 Å². The molecule has 0 spiro atoms. The summed E-state index contributed by atoms with van der Waals surface area (Å²) >= 11 is 6.01. The Balaban J connectivity index is 1.57. The Bertz CT molecular complexity index is 1230. The quantitative estimate of drug-likeness (QED) is 0.191. The smallest absolute Gasteiger partial charge is 0.345 e. The van der Waals surface area contributed by atoms with Crippen molar-refractivity contribution in [3.05, 3.63) is 104 Å². The Morgan fingerprint density at radius 2 is 1.87 bits per heavy atom. The summed E-state index contributed by atoms with van der Waals surface area (Å²) in [6, 6.07) is 16.7. The third-order valence-electron chi connectivity index (χ3n) is 4.32. The third-order valence-corrected chi connectivity index (χ3v) is 4.65. The third kappa shape index (κ3) is 3.78. The van der Waals surface area contributed by atoms with Crippen molar-refractivity contribution in [2.24, 2.45) is 0 Å². The minimum absolute atomic E-state index is 0.0140. The molecule has 0 saturated heterocycles. The van der Waals surface area contributed by atoms with Gasteiger partial charge in [0.25, 0.3) is 5.69 Å². The molecule has 1 aliphatic heterocycles. The molecule has 0 radical (unpaired) electrons. The van der Waals surface area contributed by atoms with Crippen LogP contribution in [0, 0.1) is 10.1 Å². The standard InChI is InChI=1S/C22H12ClNO6/c23-18-7-2-1-6-16(18)22(26)29-15-8-9-17-19(12-15)30-20(21(17)25)11-13-4-3-5-14(10-13)24(27)28/h1-12H. The fourth-order valence-electron chi connectivity index (χ4n) is 2.90. The molecule has 0 N–H and O–H groups in total. The molecule has 0 aliphatic carbocycles. The first-order valence-corrected chi connectivity index (χ1v) is 9.09. The minimum Gasteiger partial charge on any atom is -0.452 e. The highest BCUT2D eigenvalue weighted by Crippen LogP contribution is 2.35. The maximum atomic E-state index is 12.6. The highest BCUT2D eigenvalue weighted by atomic mass is 35.5. The maximum absolute atomic E-state index is 12.6. The van der Waals surface area contributed by atoms with Crippen LogP contribution in [0.25, 0.3) is 6.08 Å². The van der Waals surface area contributed by atoms with E-state index >= 15 is 0 Å². The summed E-state index contributed by atoms with van der Waals surface area (Å²) in [6.45, 7) is 0. The van der Waals surface area contributed by atoms with E-state index in [1.165, 1.54) is 48.5 Å². The minimum atomic E-state index is -0.641. The van der Waals surface area contributed by atoms with Crippen molar-refractivity contribution >= 4 is 35.1 Å². The van der Waals surface area contributed by atoms with Crippen molar-refractivity contribution in [2.75, 3.05) is 0 Å². The van der Waals surface area contributed by atoms with Crippen LogP contribution in [0.4, 0.5) is 5.69 Å². The summed E-state index contributed by atoms with van der Waals surface area (Å²) in [5.74, 6) is -0.595. The summed E-state index contributed by atoms with van der Waals surface area (Å²) in [6.07, 6.45) is 1.42. The number of non-ortho nitro benzene ring substituents is 1. The number of Topliss-reactive ketones (excluding diaryl/α,β-unsaturated/α-hetero) is 1. The van der Waals surface area contributed by atoms with Gasteiger partial charge in [-0.05, 0) is 35.9 Å². The lowest BCUT2D eigenvalue weighted by Crippen LogP contribution is -2.09. The van der Waals surface area contributed by atoms with Gasteiger partial charge in [-0.25, -0.2) is 4.79 Å². The number of benzene rings is 3. The molecule has 0 saturated carbocycles. The highest BCUT2D eigenvalue weighted by Gasteiger charge is 2.28. The van der Waals surface area contributed by atoms with Crippen LogP contribution in [0.1, 0.15) is 26.3 Å². The Kier molecular flexibility index (Phi) is 5.04. The molecule has 7 nitrogen and oxygen atoms in total. The fourth-order valence-corrected chi connectivity index (χ4v) is 3.11. The van der Waals surface area contributed by atoms with E-state index in [0.717, 1.165) is 0 Å². The van der Waals surface area contributed by atoms with E-state index in [2.05, 4.69) is 0 Å². The number of halogens is 1. The van der Waals surface area contributed by atoms with Gasteiger partial charge in [-0.3, -0.25) is 14.9 Å². The second-order valence-corrected chi connectivity index (χ2v) is 6.73. The van der Waals surface area contributed by atoms with Gasteiger partial charge < -0.3 is 9.47 Å². The lowest BCUT2D eigenvalue weighted by molar-refractivity contribution is -0.384. The van der Waals surface area contributed by atoms with Crippen LogP contribution in [0.2, 0.25) is 5.02 Å². The number of nitrogens with zero attached hydrogens (tertiary/aromatic N) is 1. The van der Waals surface area contributed by atoms with Crippen LogP contribution in [-0.4, -0.2) is 16.7 Å². The topological polar surface area (TPSA) is 95.7 Å². The molecule has 148 valence electrons. The van der Waals surface area contributed by atoms with Crippen molar-refractivity contribution in [1.82, 2.24) is 0 Å². The summed E-state index contributed by atoms with van der Waals surface area (Å²) in [7, 11) is 0. The van der Waals surface area contributed by atoms with Gasteiger partial charge in [-0.1, -0.05) is 35.9 Å². The Hall–Kier alpha value is -3.97. The normalized spacial score (nSPS) is 13.6. The number of rotatable bonds is 4. The molecule has 0 aromatic heterocycles. The molecule has 0 amide bonds. The van der Waals surface area contributed by atoms with Crippen molar-refractivity contribution in [2.45, 2.75) is 0 Å². The van der Waals surface area contributed by atoms with Crippen molar-refractivity contribution < 1.29 is 24.0 Å². The summed E-state index contributed by atoms with van der Waals surface area (Å²) in [5.41, 5.74) is 0.860. The number of ether oxygens (including phenoxy) is 2. The Labute approximate surface area is 175 Å². The van der Waals surface area contributed by atoms with Crippen LogP contribution in [0.3, 0.4) is 0 Å². The molecule has 0 unspecified atom stereocenters. The van der Waals surface area contributed by atoms with Gasteiger partial charge in [0, 0.05) is 18.2 Å². The monoisotopic (exact) mass is 421 g/mol. The first kappa shape index (κ1) is 19.4. The average molecular weight is 422 g/mol. The summed E-state index contributed by atoms with van der Waals surface area (Å²) in [4.78, 5) is 35.3. The number of nitro benzene ring substituents is 1. The lowest BCUT2D eigenvalue weighted by atomic mass is 10.1. The second-order valence-electron chi connectivity index (χ2n) is 6.32. The molecule has 3 aromatic carbocycles. The van der Waals surface area contributed by atoms with E-state index in [9.17, 15) is 19.7 Å². The zero-order valence-corrected chi connectivity index (χ0v) is 16.0.